The summed E-state index contributed by atoms with van der Waals surface area (Å²) in [5.74, 6) is 0.840. The van der Waals surface area contributed by atoms with Crippen LogP contribution in [0.4, 0.5) is 9.18 Å². The van der Waals surface area contributed by atoms with Gasteiger partial charge < -0.3 is 10.1 Å². The molecule has 2 aliphatic rings. The minimum Gasteiger partial charge on any atom is -0.450 e. The van der Waals surface area contributed by atoms with Crippen molar-refractivity contribution in [3.8, 4) is 11.1 Å². The van der Waals surface area contributed by atoms with Crippen LogP contribution < -0.4 is 5.32 Å². The molecule has 1 saturated carbocycles. The van der Waals surface area contributed by atoms with Crippen molar-refractivity contribution < 1.29 is 13.9 Å². The largest absolute Gasteiger partial charge is 0.450 e. The van der Waals surface area contributed by atoms with E-state index in [1.807, 2.05) is 25.1 Å². The average molecular weight is 473 g/mol. The maximum absolute atomic E-state index is 13.6. The monoisotopic (exact) mass is 472 g/mol. The molecular formula is C28H29FN4O2. The normalized spacial score (nSPS) is 23.4. The van der Waals surface area contributed by atoms with Gasteiger partial charge in [-0.15, -0.1) is 0 Å². The number of halogens is 1. The van der Waals surface area contributed by atoms with Gasteiger partial charge in [-0.25, -0.2) is 9.18 Å². The van der Waals surface area contributed by atoms with E-state index in [-0.39, 0.29) is 23.9 Å². The fourth-order valence-corrected chi connectivity index (χ4v) is 5.57. The van der Waals surface area contributed by atoms with E-state index >= 15 is 0 Å². The fourth-order valence-electron chi connectivity index (χ4n) is 5.57. The maximum atomic E-state index is 13.6. The molecular weight excluding hydrogens is 443 g/mol. The van der Waals surface area contributed by atoms with E-state index in [2.05, 4.69) is 38.7 Å². The van der Waals surface area contributed by atoms with Gasteiger partial charge in [0.25, 0.3) is 0 Å². The Morgan fingerprint density at radius 3 is 2.91 bits per heavy atom. The van der Waals surface area contributed by atoms with Crippen molar-refractivity contribution in [3.63, 3.8) is 0 Å². The molecule has 0 unspecified atom stereocenters. The van der Waals surface area contributed by atoms with E-state index in [9.17, 15) is 9.18 Å². The summed E-state index contributed by atoms with van der Waals surface area (Å²) < 4.78 is 18.6. The quantitative estimate of drug-likeness (QED) is 0.526. The molecule has 0 spiro atoms. The van der Waals surface area contributed by atoms with Crippen molar-refractivity contribution in [1.82, 2.24) is 20.5 Å². The van der Waals surface area contributed by atoms with Crippen molar-refractivity contribution in [2.75, 3.05) is 6.61 Å². The number of ether oxygens (including phenoxy) is 1. The lowest BCUT2D eigenvalue weighted by Gasteiger charge is -2.43. The minimum atomic E-state index is -0.337. The van der Waals surface area contributed by atoms with E-state index < -0.39 is 0 Å². The SMILES string of the molecule is CCOC(=O)N[C@@H]1CC[C@@H]2[C@H](Cc3nnccc3[C@H]2/C=C/c2ccc(-c3cccc(F)c3)cn2)C1. The third-order valence-electron chi connectivity index (χ3n) is 7.17. The number of hydrogen-bond donors (Lipinski definition) is 1. The highest BCUT2D eigenvalue weighted by molar-refractivity contribution is 5.67. The number of nitrogens with one attached hydrogen (secondary N) is 1. The van der Waals surface area contributed by atoms with Crippen LogP contribution in [-0.2, 0) is 11.2 Å². The van der Waals surface area contributed by atoms with Crippen LogP contribution in [0.25, 0.3) is 17.2 Å². The lowest BCUT2D eigenvalue weighted by atomic mass is 9.63. The highest BCUT2D eigenvalue weighted by Crippen LogP contribution is 2.47. The van der Waals surface area contributed by atoms with Gasteiger partial charge in [-0.1, -0.05) is 24.3 Å². The lowest BCUT2D eigenvalue weighted by Crippen LogP contribution is -2.44. The lowest BCUT2D eigenvalue weighted by molar-refractivity contribution is 0.128. The summed E-state index contributed by atoms with van der Waals surface area (Å²) >= 11 is 0. The number of carbonyl (C=O) groups is 1. The number of hydrogen-bond acceptors (Lipinski definition) is 5. The van der Waals surface area contributed by atoms with Crippen molar-refractivity contribution in [3.05, 3.63) is 83.7 Å². The summed E-state index contributed by atoms with van der Waals surface area (Å²) in [7, 11) is 0. The molecule has 2 aromatic heterocycles. The summed E-state index contributed by atoms with van der Waals surface area (Å²) in [6, 6.07) is 12.7. The van der Waals surface area contributed by atoms with E-state index in [1.54, 1.807) is 18.5 Å². The van der Waals surface area contributed by atoms with Crippen LogP contribution in [-0.4, -0.2) is 33.9 Å². The topological polar surface area (TPSA) is 77.0 Å². The first-order valence-electron chi connectivity index (χ1n) is 12.2. The molecule has 0 aliphatic heterocycles. The Balaban J connectivity index is 1.34. The van der Waals surface area contributed by atoms with Crippen molar-refractivity contribution in [2.24, 2.45) is 11.8 Å². The second-order valence-electron chi connectivity index (χ2n) is 9.30. The van der Waals surface area contributed by atoms with Gasteiger partial charge >= 0.3 is 6.09 Å². The third kappa shape index (κ3) is 5.24. The molecule has 180 valence electrons. The zero-order chi connectivity index (χ0) is 24.2. The number of aromatic nitrogens is 3. The van der Waals surface area contributed by atoms with Crippen LogP contribution in [0.1, 0.15) is 49.1 Å². The molecule has 3 aromatic rings. The summed E-state index contributed by atoms with van der Waals surface area (Å²) in [4.78, 5) is 16.5. The first-order valence-corrected chi connectivity index (χ1v) is 12.2. The van der Waals surface area contributed by atoms with Crippen molar-refractivity contribution in [1.29, 1.82) is 0 Å². The summed E-state index contributed by atoms with van der Waals surface area (Å²) in [6.07, 6.45) is 11.2. The standard InChI is InChI=1S/C28H29FN4O2/c1-2-35-28(34)32-23-9-10-24-20(15-23)16-27-26(12-13-31-33-27)25(24)11-8-22-7-6-19(17-30-22)18-4-3-5-21(29)14-18/h3-8,11-14,17,20,23-25H,2,9-10,15-16H2,1H3,(H,32,34)/b11-8+/t20-,23+,24+,25-/m0/s1. The molecule has 7 heteroatoms. The van der Waals surface area contributed by atoms with Gasteiger partial charge in [0.05, 0.1) is 18.0 Å². The first-order chi connectivity index (χ1) is 17.1. The molecule has 6 nitrogen and oxygen atoms in total. The van der Waals surface area contributed by atoms with E-state index in [1.165, 1.54) is 17.7 Å². The molecule has 35 heavy (non-hydrogen) atoms. The number of alkyl carbamates (subject to hydrolysis) is 1. The summed E-state index contributed by atoms with van der Waals surface area (Å²) in [6.45, 7) is 2.19. The van der Waals surface area contributed by atoms with Gasteiger partial charge in [0.1, 0.15) is 5.82 Å². The van der Waals surface area contributed by atoms with E-state index in [0.29, 0.717) is 18.4 Å². The number of nitrogens with zero attached hydrogens (tertiary/aromatic N) is 3. The fraction of sp³-hybridized carbons (Fsp3) is 0.357. The molecule has 1 amide bonds. The predicted octanol–water partition coefficient (Wildman–Crippen LogP) is 5.56. The molecule has 0 saturated heterocycles. The Bertz CT molecular complexity index is 1210. The molecule has 2 aliphatic carbocycles. The molecule has 1 aromatic carbocycles. The van der Waals surface area contributed by atoms with Crippen LogP contribution in [0, 0.1) is 17.7 Å². The molecule has 0 bridgehead atoms. The van der Waals surface area contributed by atoms with Gasteiger partial charge in [0, 0.05) is 29.9 Å². The highest BCUT2D eigenvalue weighted by Gasteiger charge is 2.40. The number of rotatable bonds is 5. The van der Waals surface area contributed by atoms with Crippen LogP contribution in [0.2, 0.25) is 0 Å². The number of pyridine rings is 1. The van der Waals surface area contributed by atoms with E-state index in [4.69, 9.17) is 4.74 Å². The summed E-state index contributed by atoms with van der Waals surface area (Å²) in [5, 5.41) is 11.6. The Kier molecular flexibility index (Phi) is 6.84. The zero-order valence-electron chi connectivity index (χ0n) is 19.7. The molecule has 0 radical (unpaired) electrons. The Hall–Kier alpha value is -3.61. The average Bonchev–Trinajstić information content (AvgIpc) is 2.87. The number of carbonyl (C=O) groups excluding carboxylic acids is 1. The smallest absolute Gasteiger partial charge is 0.407 e. The van der Waals surface area contributed by atoms with Gasteiger partial charge in [-0.3, -0.25) is 4.98 Å². The van der Waals surface area contributed by atoms with Crippen molar-refractivity contribution in [2.45, 2.75) is 44.6 Å². The van der Waals surface area contributed by atoms with Crippen LogP contribution in [0.3, 0.4) is 0 Å². The molecule has 5 rings (SSSR count). The Morgan fingerprint density at radius 1 is 1.20 bits per heavy atom. The summed E-state index contributed by atoms with van der Waals surface area (Å²) in [5.41, 5.74) is 4.81. The van der Waals surface area contributed by atoms with Crippen LogP contribution in [0.15, 0.2) is 60.9 Å². The van der Waals surface area contributed by atoms with Crippen LogP contribution >= 0.6 is 0 Å². The van der Waals surface area contributed by atoms with E-state index in [0.717, 1.165) is 48.2 Å². The number of amides is 1. The second-order valence-corrected chi connectivity index (χ2v) is 9.30. The van der Waals surface area contributed by atoms with Gasteiger partial charge in [0.2, 0.25) is 0 Å². The predicted molar refractivity (Wildman–Crippen MR) is 132 cm³/mol. The third-order valence-corrected chi connectivity index (χ3v) is 7.17. The Morgan fingerprint density at radius 2 is 2.11 bits per heavy atom. The Labute approximate surface area is 204 Å². The molecule has 4 atom stereocenters. The second kappa shape index (κ2) is 10.3. The molecule has 2 heterocycles. The number of allylic oxidation sites excluding steroid dienone is 1. The van der Waals surface area contributed by atoms with Crippen LogP contribution in [0.5, 0.6) is 0 Å². The molecule has 1 fully saturated rings. The van der Waals surface area contributed by atoms with Crippen molar-refractivity contribution >= 4 is 12.2 Å². The van der Waals surface area contributed by atoms with Gasteiger partial charge in [-0.05, 0) is 85.9 Å². The first kappa shape index (κ1) is 23.1. The van der Waals surface area contributed by atoms with Gasteiger partial charge in [-0.2, -0.15) is 10.2 Å². The number of benzene rings is 1. The minimum absolute atomic E-state index is 0.121. The molecule has 1 N–H and O–H groups in total. The zero-order valence-corrected chi connectivity index (χ0v) is 19.7. The maximum Gasteiger partial charge on any atom is 0.407 e. The highest BCUT2D eigenvalue weighted by atomic mass is 19.1. The van der Waals surface area contributed by atoms with Gasteiger partial charge in [0.15, 0.2) is 0 Å². The number of fused-ring (bicyclic) bond motifs is 2.